The molecular formula is C32H28N2. The molecule has 0 aliphatic heterocycles. The fraction of sp³-hybridized carbons (Fsp3) is 0.0625. The average Bonchev–Trinajstić information content (AvgIpc) is 2.86. The predicted octanol–water partition coefficient (Wildman–Crippen LogP) is 9.18. The van der Waals surface area contributed by atoms with E-state index in [0.29, 0.717) is 0 Å². The van der Waals surface area contributed by atoms with Crippen molar-refractivity contribution in [2.75, 3.05) is 10.2 Å². The number of aryl methyl sites for hydroxylation is 2. The summed E-state index contributed by atoms with van der Waals surface area (Å²) < 4.78 is 0. The Labute approximate surface area is 202 Å². The summed E-state index contributed by atoms with van der Waals surface area (Å²) in [7, 11) is 0. The largest absolute Gasteiger partial charge is 0.356 e. The van der Waals surface area contributed by atoms with E-state index in [4.69, 9.17) is 0 Å². The van der Waals surface area contributed by atoms with Crippen molar-refractivity contribution in [2.45, 2.75) is 13.8 Å². The second-order valence-corrected chi connectivity index (χ2v) is 8.63. The molecule has 0 bridgehead atoms. The maximum Gasteiger partial charge on any atom is 0.0464 e. The highest BCUT2D eigenvalue weighted by Crippen LogP contribution is 2.36. The molecule has 2 heteroatoms. The first-order valence-corrected chi connectivity index (χ1v) is 11.6. The van der Waals surface area contributed by atoms with E-state index in [1.54, 1.807) is 0 Å². The fourth-order valence-corrected chi connectivity index (χ4v) is 4.22. The minimum atomic E-state index is 1.08. The van der Waals surface area contributed by atoms with Gasteiger partial charge in [-0.3, -0.25) is 0 Å². The van der Waals surface area contributed by atoms with Gasteiger partial charge in [0.15, 0.2) is 0 Å². The van der Waals surface area contributed by atoms with Gasteiger partial charge < -0.3 is 10.2 Å². The molecule has 0 aliphatic carbocycles. The van der Waals surface area contributed by atoms with Crippen molar-refractivity contribution in [3.63, 3.8) is 0 Å². The number of anilines is 5. The zero-order valence-electron chi connectivity index (χ0n) is 19.6. The van der Waals surface area contributed by atoms with Gasteiger partial charge in [0.1, 0.15) is 0 Å². The molecule has 0 amide bonds. The molecule has 0 spiro atoms. The second-order valence-electron chi connectivity index (χ2n) is 8.63. The number of benzene rings is 5. The van der Waals surface area contributed by atoms with Crippen LogP contribution in [0.4, 0.5) is 28.4 Å². The fourth-order valence-electron chi connectivity index (χ4n) is 4.22. The van der Waals surface area contributed by atoms with Crippen LogP contribution >= 0.6 is 0 Å². The SMILES string of the molecule is Cc1cccc(N(c2ccc(-c3ccc(Nc4ccccc4)cc3)cc2)c2cccc(C)c2)c1. The molecule has 0 saturated heterocycles. The third-order valence-electron chi connectivity index (χ3n) is 5.93. The zero-order valence-corrected chi connectivity index (χ0v) is 19.6. The molecule has 0 atom stereocenters. The predicted molar refractivity (Wildman–Crippen MR) is 146 cm³/mol. The van der Waals surface area contributed by atoms with Gasteiger partial charge in [0.05, 0.1) is 0 Å². The average molecular weight is 441 g/mol. The quantitative estimate of drug-likeness (QED) is 0.283. The van der Waals surface area contributed by atoms with Crippen LogP contribution in [0.3, 0.4) is 0 Å². The highest BCUT2D eigenvalue weighted by atomic mass is 15.1. The van der Waals surface area contributed by atoms with Gasteiger partial charge in [-0.2, -0.15) is 0 Å². The molecule has 5 aromatic carbocycles. The summed E-state index contributed by atoms with van der Waals surface area (Å²) in [5.41, 5.74) is 10.5. The first-order chi connectivity index (χ1) is 16.7. The monoisotopic (exact) mass is 440 g/mol. The second kappa shape index (κ2) is 9.68. The summed E-state index contributed by atoms with van der Waals surface area (Å²) in [6.45, 7) is 4.27. The molecule has 5 aromatic rings. The van der Waals surface area contributed by atoms with E-state index in [1.165, 1.54) is 22.3 Å². The van der Waals surface area contributed by atoms with E-state index in [2.05, 4.69) is 133 Å². The van der Waals surface area contributed by atoms with E-state index in [9.17, 15) is 0 Å². The van der Waals surface area contributed by atoms with Crippen LogP contribution in [0, 0.1) is 13.8 Å². The van der Waals surface area contributed by atoms with E-state index in [0.717, 1.165) is 28.4 Å². The van der Waals surface area contributed by atoms with Gasteiger partial charge in [-0.05, 0) is 96.8 Å². The Kier molecular flexibility index (Phi) is 6.13. The highest BCUT2D eigenvalue weighted by molar-refractivity contribution is 5.79. The van der Waals surface area contributed by atoms with Gasteiger partial charge in [-0.1, -0.05) is 66.7 Å². The van der Waals surface area contributed by atoms with Crippen molar-refractivity contribution in [2.24, 2.45) is 0 Å². The Balaban J connectivity index is 1.43. The van der Waals surface area contributed by atoms with Gasteiger partial charge in [0.25, 0.3) is 0 Å². The van der Waals surface area contributed by atoms with Crippen LogP contribution in [0.5, 0.6) is 0 Å². The third kappa shape index (κ3) is 4.87. The number of rotatable bonds is 6. The minimum absolute atomic E-state index is 1.08. The summed E-state index contributed by atoms with van der Waals surface area (Å²) >= 11 is 0. The smallest absolute Gasteiger partial charge is 0.0464 e. The van der Waals surface area contributed by atoms with Gasteiger partial charge >= 0.3 is 0 Å². The zero-order chi connectivity index (χ0) is 23.3. The molecule has 0 saturated carbocycles. The Morgan fingerprint density at radius 3 is 1.47 bits per heavy atom. The first-order valence-electron chi connectivity index (χ1n) is 11.6. The van der Waals surface area contributed by atoms with Gasteiger partial charge in [-0.25, -0.2) is 0 Å². The maximum atomic E-state index is 3.45. The number of hydrogen-bond donors (Lipinski definition) is 1. The van der Waals surface area contributed by atoms with Crippen LogP contribution in [0.15, 0.2) is 127 Å². The van der Waals surface area contributed by atoms with Crippen LogP contribution < -0.4 is 10.2 Å². The molecule has 0 aromatic heterocycles. The maximum absolute atomic E-state index is 3.45. The van der Waals surface area contributed by atoms with Crippen molar-refractivity contribution < 1.29 is 0 Å². The highest BCUT2D eigenvalue weighted by Gasteiger charge is 2.13. The Hall–Kier alpha value is -4.30. The Morgan fingerprint density at radius 1 is 0.441 bits per heavy atom. The van der Waals surface area contributed by atoms with E-state index >= 15 is 0 Å². The molecule has 34 heavy (non-hydrogen) atoms. The summed E-state index contributed by atoms with van der Waals surface area (Å²) in [6, 6.07) is 44.9. The third-order valence-corrected chi connectivity index (χ3v) is 5.93. The molecule has 0 aliphatic rings. The van der Waals surface area contributed by atoms with Crippen molar-refractivity contribution in [3.8, 4) is 11.1 Å². The van der Waals surface area contributed by atoms with Crippen molar-refractivity contribution in [3.05, 3.63) is 139 Å². The molecule has 0 heterocycles. The summed E-state index contributed by atoms with van der Waals surface area (Å²) in [5.74, 6) is 0. The van der Waals surface area contributed by atoms with Gasteiger partial charge in [0.2, 0.25) is 0 Å². The number of hydrogen-bond acceptors (Lipinski definition) is 2. The lowest BCUT2D eigenvalue weighted by Gasteiger charge is -2.26. The molecule has 5 rings (SSSR count). The molecule has 0 fully saturated rings. The number of nitrogens with one attached hydrogen (secondary N) is 1. The minimum Gasteiger partial charge on any atom is -0.356 e. The number of nitrogens with zero attached hydrogens (tertiary/aromatic N) is 1. The molecule has 2 nitrogen and oxygen atoms in total. The standard InChI is InChI=1S/C32H28N2/c1-24-8-6-12-31(22-24)34(32-13-7-9-25(2)23-32)30-20-16-27(17-21-30)26-14-18-29(19-15-26)33-28-10-4-3-5-11-28/h3-23,33H,1-2H3. The van der Waals surface area contributed by atoms with Crippen LogP contribution in [0.25, 0.3) is 11.1 Å². The van der Waals surface area contributed by atoms with Gasteiger partial charge in [-0.15, -0.1) is 0 Å². The topological polar surface area (TPSA) is 15.3 Å². The molecular weight excluding hydrogens is 412 g/mol. The molecule has 1 N–H and O–H groups in total. The van der Waals surface area contributed by atoms with Gasteiger partial charge in [0, 0.05) is 28.4 Å². The molecule has 0 unspecified atom stereocenters. The summed E-state index contributed by atoms with van der Waals surface area (Å²) in [6.07, 6.45) is 0. The molecule has 166 valence electrons. The van der Waals surface area contributed by atoms with E-state index in [-0.39, 0.29) is 0 Å². The van der Waals surface area contributed by atoms with E-state index < -0.39 is 0 Å². The van der Waals surface area contributed by atoms with Crippen molar-refractivity contribution >= 4 is 28.4 Å². The number of para-hydroxylation sites is 1. The van der Waals surface area contributed by atoms with Crippen LogP contribution in [0.2, 0.25) is 0 Å². The van der Waals surface area contributed by atoms with Crippen LogP contribution in [0.1, 0.15) is 11.1 Å². The molecule has 0 radical (unpaired) electrons. The lowest BCUT2D eigenvalue weighted by atomic mass is 10.0. The summed E-state index contributed by atoms with van der Waals surface area (Å²) in [5, 5.41) is 3.45. The normalized spacial score (nSPS) is 10.6. The lowest BCUT2D eigenvalue weighted by Crippen LogP contribution is -2.10. The van der Waals surface area contributed by atoms with Crippen molar-refractivity contribution in [1.29, 1.82) is 0 Å². The summed E-state index contributed by atoms with van der Waals surface area (Å²) in [4.78, 5) is 2.32. The lowest BCUT2D eigenvalue weighted by molar-refractivity contribution is 1.26. The first kappa shape index (κ1) is 21.5. The van der Waals surface area contributed by atoms with Crippen LogP contribution in [-0.2, 0) is 0 Å². The van der Waals surface area contributed by atoms with Crippen LogP contribution in [-0.4, -0.2) is 0 Å². The van der Waals surface area contributed by atoms with Crippen molar-refractivity contribution in [1.82, 2.24) is 0 Å². The van der Waals surface area contributed by atoms with E-state index in [1.807, 2.05) is 18.2 Å². The Morgan fingerprint density at radius 2 is 0.941 bits per heavy atom. The Bertz CT molecular complexity index is 1330.